The maximum absolute atomic E-state index is 5.17. The van der Waals surface area contributed by atoms with Crippen LogP contribution in [0.4, 0.5) is 0 Å². The van der Waals surface area contributed by atoms with E-state index in [0.29, 0.717) is 0 Å². The van der Waals surface area contributed by atoms with Crippen molar-refractivity contribution < 1.29 is 4.57 Å². The summed E-state index contributed by atoms with van der Waals surface area (Å²) in [5, 5.41) is 0. The van der Waals surface area contributed by atoms with Gasteiger partial charge in [0.05, 0.1) is 5.56 Å². The molecular weight excluding hydrogens is 388 g/mol. The number of hydrogen-bond acceptors (Lipinski definition) is 1. The van der Waals surface area contributed by atoms with Gasteiger partial charge in [-0.3, -0.25) is 0 Å². The molecule has 0 saturated heterocycles. The van der Waals surface area contributed by atoms with E-state index in [0.717, 1.165) is 28.2 Å². The summed E-state index contributed by atoms with van der Waals surface area (Å²) in [5.74, 6) is 0. The lowest BCUT2D eigenvalue weighted by Gasteiger charge is -2.12. The smallest absolute Gasteiger partial charge is 0.234 e. The molecule has 5 aromatic rings. The minimum absolute atomic E-state index is 0.961. The summed E-state index contributed by atoms with van der Waals surface area (Å²) in [6.45, 7) is 2.15. The van der Waals surface area contributed by atoms with E-state index < -0.39 is 0 Å². The van der Waals surface area contributed by atoms with E-state index in [9.17, 15) is 0 Å². The molecule has 2 nitrogen and oxygen atoms in total. The number of rotatable bonds is 4. The fourth-order valence-electron chi connectivity index (χ4n) is 4.17. The lowest BCUT2D eigenvalue weighted by molar-refractivity contribution is -0.659. The Morgan fingerprint density at radius 1 is 0.562 bits per heavy atom. The van der Waals surface area contributed by atoms with E-state index in [1.165, 1.54) is 22.3 Å². The van der Waals surface area contributed by atoms with Crippen LogP contribution in [-0.4, -0.2) is 4.98 Å². The largest absolute Gasteiger partial charge is 0.239 e. The molecule has 0 spiro atoms. The molecule has 0 N–H and O–H groups in total. The zero-order valence-electron chi connectivity index (χ0n) is 18.4. The van der Waals surface area contributed by atoms with Gasteiger partial charge in [0, 0.05) is 11.1 Å². The molecule has 2 heteroatoms. The van der Waals surface area contributed by atoms with Gasteiger partial charge in [0.25, 0.3) is 0 Å². The lowest BCUT2D eigenvalue weighted by Crippen LogP contribution is -2.32. The van der Waals surface area contributed by atoms with Gasteiger partial charge in [-0.25, -0.2) is 4.98 Å². The van der Waals surface area contributed by atoms with Crippen molar-refractivity contribution in [2.45, 2.75) is 6.92 Å². The highest BCUT2D eigenvalue weighted by atomic mass is 15.0. The summed E-state index contributed by atoms with van der Waals surface area (Å²) in [7, 11) is 2.11. The van der Waals surface area contributed by atoms with Crippen LogP contribution in [0.1, 0.15) is 5.56 Å². The Balaban J connectivity index is 1.65. The van der Waals surface area contributed by atoms with Gasteiger partial charge in [-0.1, -0.05) is 103 Å². The number of hydrogen-bond donors (Lipinski definition) is 0. The van der Waals surface area contributed by atoms with E-state index in [1.807, 2.05) is 12.1 Å². The molecule has 0 bridgehead atoms. The van der Waals surface area contributed by atoms with Crippen LogP contribution in [0.25, 0.3) is 44.9 Å². The van der Waals surface area contributed by atoms with E-state index in [4.69, 9.17) is 4.98 Å². The lowest BCUT2D eigenvalue weighted by atomic mass is 9.99. The average Bonchev–Trinajstić information content (AvgIpc) is 2.85. The monoisotopic (exact) mass is 413 g/mol. The topological polar surface area (TPSA) is 16.8 Å². The highest BCUT2D eigenvalue weighted by molar-refractivity contribution is 5.79. The van der Waals surface area contributed by atoms with Crippen LogP contribution in [0.2, 0.25) is 0 Å². The first-order valence-corrected chi connectivity index (χ1v) is 10.9. The molecule has 0 unspecified atom stereocenters. The van der Waals surface area contributed by atoms with Crippen molar-refractivity contribution in [3.63, 3.8) is 0 Å². The minimum Gasteiger partial charge on any atom is -0.234 e. The summed E-state index contributed by atoms with van der Waals surface area (Å²) < 4.78 is 2.21. The van der Waals surface area contributed by atoms with Crippen molar-refractivity contribution in [3.8, 4) is 44.9 Å². The SMILES string of the molecule is Cc1ccccc1-c1c(-c2ccccc2)nc(-c2ccc(-c3ccccc3)cc2)c[n+]1C. The van der Waals surface area contributed by atoms with Crippen LogP contribution in [0.3, 0.4) is 0 Å². The van der Waals surface area contributed by atoms with Crippen molar-refractivity contribution in [2.75, 3.05) is 0 Å². The molecule has 0 atom stereocenters. The zero-order chi connectivity index (χ0) is 21.9. The molecule has 0 amide bonds. The molecular formula is C30H25N2+. The molecule has 5 rings (SSSR count). The van der Waals surface area contributed by atoms with E-state index in [2.05, 4.69) is 122 Å². The summed E-state index contributed by atoms with van der Waals surface area (Å²) in [6.07, 6.45) is 2.13. The minimum atomic E-state index is 0.961. The van der Waals surface area contributed by atoms with Crippen molar-refractivity contribution in [1.82, 2.24) is 4.98 Å². The predicted molar refractivity (Wildman–Crippen MR) is 132 cm³/mol. The van der Waals surface area contributed by atoms with Crippen LogP contribution in [0, 0.1) is 6.92 Å². The van der Waals surface area contributed by atoms with Gasteiger partial charge < -0.3 is 0 Å². The van der Waals surface area contributed by atoms with Gasteiger partial charge >= 0.3 is 0 Å². The van der Waals surface area contributed by atoms with Crippen LogP contribution >= 0.6 is 0 Å². The van der Waals surface area contributed by atoms with E-state index >= 15 is 0 Å². The van der Waals surface area contributed by atoms with Crippen LogP contribution in [-0.2, 0) is 7.05 Å². The summed E-state index contributed by atoms with van der Waals surface area (Å²) >= 11 is 0. The number of nitrogens with zero attached hydrogens (tertiary/aromatic N) is 2. The molecule has 32 heavy (non-hydrogen) atoms. The maximum Gasteiger partial charge on any atom is 0.239 e. The Morgan fingerprint density at radius 2 is 1.09 bits per heavy atom. The van der Waals surface area contributed by atoms with E-state index in [-0.39, 0.29) is 0 Å². The summed E-state index contributed by atoms with van der Waals surface area (Å²) in [6, 6.07) is 38.1. The molecule has 0 radical (unpaired) electrons. The second-order valence-corrected chi connectivity index (χ2v) is 8.06. The zero-order valence-corrected chi connectivity index (χ0v) is 18.4. The second kappa shape index (κ2) is 8.60. The Labute approximate surface area is 189 Å². The van der Waals surface area contributed by atoms with Gasteiger partial charge in [0.2, 0.25) is 5.69 Å². The summed E-state index contributed by atoms with van der Waals surface area (Å²) in [5.41, 5.74) is 10.2. The first-order valence-electron chi connectivity index (χ1n) is 10.9. The molecule has 1 heterocycles. The molecule has 154 valence electrons. The quantitative estimate of drug-likeness (QED) is 0.293. The van der Waals surface area contributed by atoms with Crippen LogP contribution in [0.15, 0.2) is 115 Å². The van der Waals surface area contributed by atoms with Crippen molar-refractivity contribution >= 4 is 0 Å². The van der Waals surface area contributed by atoms with Gasteiger partial charge in [-0.2, -0.15) is 4.57 Å². The Morgan fingerprint density at radius 3 is 1.75 bits per heavy atom. The van der Waals surface area contributed by atoms with E-state index in [1.54, 1.807) is 0 Å². The first-order chi connectivity index (χ1) is 15.7. The van der Waals surface area contributed by atoms with Crippen molar-refractivity contribution in [2.24, 2.45) is 7.05 Å². The predicted octanol–water partition coefficient (Wildman–Crippen LogP) is 6.88. The number of aromatic nitrogens is 2. The molecule has 4 aromatic carbocycles. The molecule has 0 aliphatic rings. The Kier molecular flexibility index (Phi) is 5.35. The van der Waals surface area contributed by atoms with Gasteiger partial charge in [0.15, 0.2) is 6.20 Å². The summed E-state index contributed by atoms with van der Waals surface area (Å²) in [4.78, 5) is 5.17. The fraction of sp³-hybridized carbons (Fsp3) is 0.0667. The third-order valence-corrected chi connectivity index (χ3v) is 5.86. The van der Waals surface area contributed by atoms with Crippen LogP contribution in [0.5, 0.6) is 0 Å². The molecule has 0 saturated carbocycles. The Bertz CT molecular complexity index is 1360. The first kappa shape index (κ1) is 19.9. The molecule has 1 aromatic heterocycles. The van der Waals surface area contributed by atoms with Crippen LogP contribution < -0.4 is 4.57 Å². The standard InChI is InChI=1S/C30H25N2/c1-22-11-9-10-16-27(22)30-29(26-14-7-4-8-15-26)31-28(21-32(30)2)25-19-17-24(18-20-25)23-12-5-3-6-13-23/h3-21H,1-2H3/q+1. The molecule has 0 fully saturated rings. The van der Waals surface area contributed by atoms with Gasteiger partial charge in [-0.15, -0.1) is 0 Å². The van der Waals surface area contributed by atoms with Gasteiger partial charge in [0.1, 0.15) is 18.4 Å². The highest BCUT2D eigenvalue weighted by Gasteiger charge is 2.23. The fourth-order valence-corrected chi connectivity index (χ4v) is 4.17. The molecule has 0 aliphatic carbocycles. The average molecular weight is 414 g/mol. The number of benzene rings is 4. The highest BCUT2D eigenvalue weighted by Crippen LogP contribution is 2.32. The maximum atomic E-state index is 5.17. The third kappa shape index (κ3) is 3.83. The Hall–Kier alpha value is -4.04. The normalized spacial score (nSPS) is 10.8. The molecule has 0 aliphatic heterocycles. The second-order valence-electron chi connectivity index (χ2n) is 8.06. The number of aryl methyl sites for hydroxylation is 2. The van der Waals surface area contributed by atoms with Crippen molar-refractivity contribution in [1.29, 1.82) is 0 Å². The third-order valence-electron chi connectivity index (χ3n) is 5.86. The van der Waals surface area contributed by atoms with Crippen molar-refractivity contribution in [3.05, 3.63) is 121 Å². The van der Waals surface area contributed by atoms with Gasteiger partial charge in [-0.05, 0) is 29.7 Å².